The normalized spacial score (nSPS) is 14.2. The monoisotopic (exact) mass is 87.0 g/mol. The minimum atomic E-state index is 0.302. The Morgan fingerprint density at radius 1 is 2.00 bits per heavy atom. The number of aromatic nitrogens is 1. The van der Waals surface area contributed by atoms with Crippen LogP contribution in [0.25, 0.3) is 0 Å². The first-order valence-corrected chi connectivity index (χ1v) is 2.04. The number of rotatable bonds is 0. The third-order valence-corrected chi connectivity index (χ3v) is 0.783. The molecule has 1 aromatic rings. The van der Waals surface area contributed by atoms with Crippen molar-refractivity contribution in [1.82, 2.24) is 4.98 Å². The van der Waals surface area contributed by atoms with Crippen LogP contribution in [0, 0.1) is 5.07 Å². The van der Waals surface area contributed by atoms with Crippen molar-refractivity contribution in [2.45, 2.75) is 0 Å². The average molecular weight is 87.0 g/mol. The minimum absolute atomic E-state index is 0.302. The highest BCUT2D eigenvalue weighted by molar-refractivity contribution is 7.22. The SMILES string of the molecule is OP=c1cn1. The Bertz CT molecular complexity index is 118. The highest BCUT2D eigenvalue weighted by atomic mass is 31.1. The molecule has 0 spiro atoms. The molecule has 0 fully saturated rings. The molecule has 1 heterocycles. The second-order valence-corrected chi connectivity index (χ2v) is 1.37. The van der Waals surface area contributed by atoms with Gasteiger partial charge in [0.15, 0.2) is 0 Å². The summed E-state index contributed by atoms with van der Waals surface area (Å²) in [4.78, 5) is 11.6. The zero-order valence-corrected chi connectivity index (χ0v) is 3.31. The van der Waals surface area contributed by atoms with E-state index in [1.165, 1.54) is 0 Å². The van der Waals surface area contributed by atoms with Crippen LogP contribution in [0.2, 0.25) is 0 Å². The summed E-state index contributed by atoms with van der Waals surface area (Å²) in [5, 5.41) is 0.782. The first kappa shape index (κ1) is 3.01. The van der Waals surface area contributed by atoms with E-state index in [1.807, 2.05) is 0 Å². The Kier molecular flexibility index (Phi) is 0.533. The lowest BCUT2D eigenvalue weighted by atomic mass is 11.2. The van der Waals surface area contributed by atoms with Gasteiger partial charge in [-0.1, -0.05) is 0 Å². The Balaban J connectivity index is 2.99. The molecule has 3 heteroatoms. The van der Waals surface area contributed by atoms with Crippen molar-refractivity contribution < 1.29 is 4.89 Å². The maximum atomic E-state index is 8.02. The molecule has 0 aliphatic rings. The van der Waals surface area contributed by atoms with E-state index in [0.717, 1.165) is 5.07 Å². The van der Waals surface area contributed by atoms with Gasteiger partial charge in [0.1, 0.15) is 5.07 Å². The van der Waals surface area contributed by atoms with E-state index < -0.39 is 0 Å². The van der Waals surface area contributed by atoms with E-state index in [2.05, 4.69) is 4.98 Å². The summed E-state index contributed by atoms with van der Waals surface area (Å²) in [5.74, 6) is 0. The summed E-state index contributed by atoms with van der Waals surface area (Å²) < 4.78 is 0. The second-order valence-electron chi connectivity index (χ2n) is 0.716. The molecule has 2 nitrogen and oxygen atoms in total. The topological polar surface area (TPSA) is 33.1 Å². The minimum Gasteiger partial charge on any atom is -0.340 e. The predicted octanol–water partition coefficient (Wildman–Crippen LogP) is 0.343. The third-order valence-electron chi connectivity index (χ3n) is 0.347. The van der Waals surface area contributed by atoms with Crippen LogP contribution in [0.4, 0.5) is 0 Å². The molecule has 0 saturated heterocycles. The molecule has 0 saturated carbocycles. The molecular weight excluding hydrogens is 85.0 g/mol. The Hall–Kier alpha value is -0.200. The van der Waals surface area contributed by atoms with Gasteiger partial charge < -0.3 is 4.89 Å². The predicted molar refractivity (Wildman–Crippen MR) is 19.0 cm³/mol. The molecule has 5 heavy (non-hydrogen) atoms. The molecule has 1 rings (SSSR count). The van der Waals surface area contributed by atoms with Crippen LogP contribution < -0.4 is 0 Å². The first-order chi connectivity index (χ1) is 2.43. The number of hydrogen-bond acceptors (Lipinski definition) is 2. The standard InChI is InChI=1S/C2H2NOP/c4-5-2-1-3-2/h1,4H. The smallest absolute Gasteiger partial charge is 0.132 e. The van der Waals surface area contributed by atoms with Crippen LogP contribution in [-0.4, -0.2) is 9.88 Å². The first-order valence-electron chi connectivity index (χ1n) is 1.19. The van der Waals surface area contributed by atoms with Crippen molar-refractivity contribution in [2.24, 2.45) is 0 Å². The van der Waals surface area contributed by atoms with Gasteiger partial charge in [0.05, 0.1) is 14.6 Å². The summed E-state index contributed by atoms with van der Waals surface area (Å²) in [6, 6.07) is 0. The maximum Gasteiger partial charge on any atom is 0.132 e. The summed E-state index contributed by atoms with van der Waals surface area (Å²) in [5.41, 5.74) is 0. The molecular formula is C2H2NOP. The average Bonchev–Trinajstić information content (AvgIpc) is 2.12. The highest BCUT2D eigenvalue weighted by Gasteiger charge is 1.79. The van der Waals surface area contributed by atoms with Crippen molar-refractivity contribution in [3.8, 4) is 0 Å². The summed E-state index contributed by atoms with van der Waals surface area (Å²) in [7, 11) is 0.302. The van der Waals surface area contributed by atoms with E-state index in [0.29, 0.717) is 8.43 Å². The van der Waals surface area contributed by atoms with Gasteiger partial charge in [-0.2, -0.15) is 0 Å². The van der Waals surface area contributed by atoms with Gasteiger partial charge in [-0.15, -0.1) is 0 Å². The van der Waals surface area contributed by atoms with Crippen LogP contribution in [0.1, 0.15) is 0 Å². The third kappa shape index (κ3) is 0.534. The molecule has 0 radical (unpaired) electrons. The number of nitrogens with zero attached hydrogens (tertiary/aromatic N) is 1. The molecule has 0 amide bonds. The number of hydrogen-bond donors (Lipinski definition) is 1. The van der Waals surface area contributed by atoms with E-state index in [1.54, 1.807) is 6.20 Å². The van der Waals surface area contributed by atoms with Gasteiger partial charge in [-0.25, -0.2) is 4.98 Å². The molecule has 0 atom stereocenters. The molecule has 0 unspecified atom stereocenters. The van der Waals surface area contributed by atoms with Crippen LogP contribution in [-0.2, 0) is 0 Å². The van der Waals surface area contributed by atoms with Gasteiger partial charge in [-0.3, -0.25) is 0 Å². The van der Waals surface area contributed by atoms with Gasteiger partial charge in [0.2, 0.25) is 0 Å². The van der Waals surface area contributed by atoms with Crippen molar-refractivity contribution in [3.63, 3.8) is 0 Å². The lowest BCUT2D eigenvalue weighted by Crippen LogP contribution is -1.20. The largest absolute Gasteiger partial charge is 0.340 e. The zero-order valence-electron chi connectivity index (χ0n) is 2.42. The van der Waals surface area contributed by atoms with Gasteiger partial charge in [0, 0.05) is 0 Å². The lowest BCUT2D eigenvalue weighted by molar-refractivity contribution is 0.658. The summed E-state index contributed by atoms with van der Waals surface area (Å²) in [6.07, 6.45) is 1.63. The van der Waals surface area contributed by atoms with Gasteiger partial charge in [0.25, 0.3) is 0 Å². The lowest BCUT2D eigenvalue weighted by Gasteiger charge is -1.41. The fourth-order valence-corrected chi connectivity index (χ4v) is 0.242. The molecule has 1 N–H and O–H groups in total. The van der Waals surface area contributed by atoms with Gasteiger partial charge >= 0.3 is 0 Å². The summed E-state index contributed by atoms with van der Waals surface area (Å²) >= 11 is 0. The molecule has 0 aliphatic heterocycles. The van der Waals surface area contributed by atoms with Crippen LogP contribution in [0.3, 0.4) is 0 Å². The van der Waals surface area contributed by atoms with Crippen LogP contribution in [0.15, 0.2) is 6.20 Å². The van der Waals surface area contributed by atoms with Crippen molar-refractivity contribution >= 4 is 8.43 Å². The molecule has 0 bridgehead atoms. The maximum absolute atomic E-state index is 8.02. The Labute approximate surface area is 30.7 Å². The Morgan fingerprint density at radius 3 is 2.60 bits per heavy atom. The second kappa shape index (κ2) is 0.886. The zero-order chi connectivity index (χ0) is 3.70. The molecule has 0 aromatic carbocycles. The van der Waals surface area contributed by atoms with Crippen molar-refractivity contribution in [3.05, 3.63) is 11.3 Å². The fourth-order valence-electron chi connectivity index (χ4n) is 0.0805. The van der Waals surface area contributed by atoms with E-state index in [-0.39, 0.29) is 0 Å². The van der Waals surface area contributed by atoms with E-state index >= 15 is 0 Å². The van der Waals surface area contributed by atoms with Gasteiger partial charge in [-0.05, 0) is 0 Å². The summed E-state index contributed by atoms with van der Waals surface area (Å²) in [6.45, 7) is 0. The molecule has 26 valence electrons. The van der Waals surface area contributed by atoms with Crippen molar-refractivity contribution in [2.75, 3.05) is 0 Å². The quantitative estimate of drug-likeness (QED) is 0.463. The fraction of sp³-hybridized carbons (Fsp3) is 0. The van der Waals surface area contributed by atoms with Crippen LogP contribution >= 0.6 is 8.43 Å². The van der Waals surface area contributed by atoms with E-state index in [9.17, 15) is 0 Å². The molecule has 0 aliphatic carbocycles. The Morgan fingerprint density at radius 2 is 2.60 bits per heavy atom. The van der Waals surface area contributed by atoms with Crippen LogP contribution in [0.5, 0.6) is 0 Å². The molecule has 1 aromatic heterocycles. The van der Waals surface area contributed by atoms with Crippen molar-refractivity contribution in [1.29, 1.82) is 0 Å². The van der Waals surface area contributed by atoms with E-state index in [4.69, 9.17) is 4.89 Å². The highest BCUT2D eigenvalue weighted by Crippen LogP contribution is 1.96.